The third-order valence-corrected chi connectivity index (χ3v) is 4.29. The molecule has 1 heterocycles. The van der Waals surface area contributed by atoms with Crippen molar-refractivity contribution < 1.29 is 5.11 Å². The molecule has 2 saturated carbocycles. The minimum absolute atomic E-state index is 0.369. The van der Waals surface area contributed by atoms with Crippen molar-refractivity contribution in [3.05, 3.63) is 0 Å². The SMILES string of the molecule is C[C@@]12CC[C@@](O)(C1)[C@@H]1CCN=C1C2. The van der Waals surface area contributed by atoms with Crippen LogP contribution >= 0.6 is 0 Å². The molecule has 2 heteroatoms. The summed E-state index contributed by atoms with van der Waals surface area (Å²) in [6.45, 7) is 3.26. The highest BCUT2D eigenvalue weighted by Gasteiger charge is 2.55. The Labute approximate surface area is 79.1 Å². The molecular formula is C11H17NO. The highest BCUT2D eigenvalue weighted by atomic mass is 16.3. The number of hydrogen-bond donors (Lipinski definition) is 1. The van der Waals surface area contributed by atoms with Gasteiger partial charge in [0.1, 0.15) is 0 Å². The van der Waals surface area contributed by atoms with Gasteiger partial charge in [0.15, 0.2) is 0 Å². The van der Waals surface area contributed by atoms with Crippen LogP contribution < -0.4 is 0 Å². The maximum Gasteiger partial charge on any atom is 0.0733 e. The predicted molar refractivity (Wildman–Crippen MR) is 51.9 cm³/mol. The molecular weight excluding hydrogens is 162 g/mol. The maximum absolute atomic E-state index is 10.5. The van der Waals surface area contributed by atoms with Gasteiger partial charge in [-0.15, -0.1) is 0 Å². The number of aliphatic hydroxyl groups is 1. The van der Waals surface area contributed by atoms with Crippen LogP contribution in [-0.4, -0.2) is 23.0 Å². The smallest absolute Gasteiger partial charge is 0.0733 e. The first-order valence-electron chi connectivity index (χ1n) is 5.37. The lowest BCUT2D eigenvalue weighted by atomic mass is 9.69. The lowest BCUT2D eigenvalue weighted by Gasteiger charge is -2.39. The molecule has 0 aromatic carbocycles. The second-order valence-corrected chi connectivity index (χ2v) is 5.48. The molecule has 0 spiro atoms. The zero-order chi connectivity index (χ0) is 9.10. The number of fused-ring (bicyclic) bond motifs is 4. The van der Waals surface area contributed by atoms with E-state index in [0.29, 0.717) is 11.3 Å². The average Bonchev–Trinajstić information content (AvgIpc) is 2.57. The van der Waals surface area contributed by atoms with E-state index in [2.05, 4.69) is 11.9 Å². The lowest BCUT2D eigenvalue weighted by Crippen LogP contribution is -2.44. The van der Waals surface area contributed by atoms with Gasteiger partial charge in [0.2, 0.25) is 0 Å². The molecule has 1 aliphatic heterocycles. The Morgan fingerprint density at radius 3 is 3.15 bits per heavy atom. The fraction of sp³-hybridized carbons (Fsp3) is 0.909. The first-order valence-corrected chi connectivity index (χ1v) is 5.37. The fourth-order valence-corrected chi connectivity index (χ4v) is 3.69. The molecule has 2 aliphatic carbocycles. The average molecular weight is 179 g/mol. The minimum atomic E-state index is -0.373. The molecule has 2 bridgehead atoms. The normalized spacial score (nSPS) is 53.4. The van der Waals surface area contributed by atoms with Gasteiger partial charge in [0.05, 0.1) is 5.60 Å². The van der Waals surface area contributed by atoms with Crippen LogP contribution in [0.3, 0.4) is 0 Å². The molecule has 0 amide bonds. The van der Waals surface area contributed by atoms with E-state index in [4.69, 9.17) is 0 Å². The Morgan fingerprint density at radius 1 is 1.46 bits per heavy atom. The van der Waals surface area contributed by atoms with Crippen molar-refractivity contribution in [1.29, 1.82) is 0 Å². The van der Waals surface area contributed by atoms with Gasteiger partial charge < -0.3 is 5.11 Å². The summed E-state index contributed by atoms with van der Waals surface area (Å²) >= 11 is 0. The Morgan fingerprint density at radius 2 is 2.31 bits per heavy atom. The first-order chi connectivity index (χ1) is 6.11. The van der Waals surface area contributed by atoms with E-state index >= 15 is 0 Å². The van der Waals surface area contributed by atoms with Crippen LogP contribution in [-0.2, 0) is 0 Å². The van der Waals surface area contributed by atoms with Crippen molar-refractivity contribution in [1.82, 2.24) is 0 Å². The zero-order valence-electron chi connectivity index (χ0n) is 8.21. The summed E-state index contributed by atoms with van der Waals surface area (Å²) in [5.41, 5.74) is 1.32. The molecule has 3 aliphatic rings. The van der Waals surface area contributed by atoms with E-state index in [1.165, 1.54) is 12.1 Å². The summed E-state index contributed by atoms with van der Waals surface area (Å²) in [6.07, 6.45) is 5.47. The lowest BCUT2D eigenvalue weighted by molar-refractivity contribution is -0.00503. The van der Waals surface area contributed by atoms with Crippen LogP contribution in [0.2, 0.25) is 0 Å². The van der Waals surface area contributed by atoms with Gasteiger partial charge in [-0.2, -0.15) is 0 Å². The monoisotopic (exact) mass is 179 g/mol. The summed E-state index contributed by atoms with van der Waals surface area (Å²) in [5.74, 6) is 0.420. The number of rotatable bonds is 0. The van der Waals surface area contributed by atoms with Crippen molar-refractivity contribution >= 4 is 5.71 Å². The Bertz CT molecular complexity index is 286. The van der Waals surface area contributed by atoms with Gasteiger partial charge in [0.25, 0.3) is 0 Å². The number of hydrogen-bond acceptors (Lipinski definition) is 2. The van der Waals surface area contributed by atoms with Crippen molar-refractivity contribution in [2.24, 2.45) is 16.3 Å². The van der Waals surface area contributed by atoms with E-state index < -0.39 is 0 Å². The molecule has 0 aromatic rings. The van der Waals surface area contributed by atoms with Gasteiger partial charge in [-0.3, -0.25) is 4.99 Å². The van der Waals surface area contributed by atoms with Crippen LogP contribution in [0.25, 0.3) is 0 Å². The van der Waals surface area contributed by atoms with Crippen LogP contribution in [0.1, 0.15) is 39.0 Å². The molecule has 3 rings (SSSR count). The summed E-state index contributed by atoms with van der Waals surface area (Å²) in [7, 11) is 0. The highest BCUT2D eigenvalue weighted by Crippen LogP contribution is 2.56. The van der Waals surface area contributed by atoms with E-state index in [0.717, 1.165) is 32.2 Å². The summed E-state index contributed by atoms with van der Waals surface area (Å²) in [6, 6.07) is 0. The van der Waals surface area contributed by atoms with E-state index in [1.54, 1.807) is 0 Å². The molecule has 2 nitrogen and oxygen atoms in total. The first kappa shape index (κ1) is 7.98. The summed E-state index contributed by atoms with van der Waals surface area (Å²) < 4.78 is 0. The van der Waals surface area contributed by atoms with Gasteiger partial charge in [-0.1, -0.05) is 6.92 Å². The zero-order valence-corrected chi connectivity index (χ0v) is 8.21. The molecule has 72 valence electrons. The van der Waals surface area contributed by atoms with Crippen molar-refractivity contribution in [3.8, 4) is 0 Å². The van der Waals surface area contributed by atoms with Gasteiger partial charge in [0, 0.05) is 18.2 Å². The number of nitrogens with zero attached hydrogens (tertiary/aromatic N) is 1. The molecule has 0 radical (unpaired) electrons. The highest BCUT2D eigenvalue weighted by molar-refractivity contribution is 5.91. The standard InChI is InChI=1S/C11H17NO/c1-10-3-4-11(13,7-10)8-2-5-12-9(8)6-10/h8,13H,2-7H2,1H3/t8-,10+,11-/m1/s1. The van der Waals surface area contributed by atoms with Crippen LogP contribution in [0, 0.1) is 11.3 Å². The molecule has 13 heavy (non-hydrogen) atoms. The van der Waals surface area contributed by atoms with Gasteiger partial charge >= 0.3 is 0 Å². The van der Waals surface area contributed by atoms with Gasteiger partial charge in [-0.05, 0) is 37.5 Å². The Balaban J connectivity index is 2.03. The summed E-state index contributed by atoms with van der Waals surface area (Å²) in [4.78, 5) is 4.55. The van der Waals surface area contributed by atoms with E-state index in [1.807, 2.05) is 0 Å². The molecule has 3 atom stereocenters. The van der Waals surface area contributed by atoms with Crippen molar-refractivity contribution in [2.75, 3.05) is 6.54 Å². The third-order valence-electron chi connectivity index (χ3n) is 4.29. The largest absolute Gasteiger partial charge is 0.389 e. The second-order valence-electron chi connectivity index (χ2n) is 5.48. The van der Waals surface area contributed by atoms with Crippen LogP contribution in [0.4, 0.5) is 0 Å². The Hall–Kier alpha value is -0.370. The van der Waals surface area contributed by atoms with Crippen LogP contribution in [0.15, 0.2) is 4.99 Å². The van der Waals surface area contributed by atoms with Gasteiger partial charge in [-0.25, -0.2) is 0 Å². The molecule has 2 fully saturated rings. The number of aliphatic imine (C=N–C) groups is 1. The van der Waals surface area contributed by atoms with E-state index in [-0.39, 0.29) is 5.60 Å². The maximum atomic E-state index is 10.5. The van der Waals surface area contributed by atoms with Crippen molar-refractivity contribution in [3.63, 3.8) is 0 Å². The summed E-state index contributed by atoms with van der Waals surface area (Å²) in [5, 5.41) is 10.5. The van der Waals surface area contributed by atoms with E-state index in [9.17, 15) is 5.11 Å². The molecule has 0 aromatic heterocycles. The molecule has 1 N–H and O–H groups in total. The third kappa shape index (κ3) is 0.954. The Kier molecular flexibility index (Phi) is 1.33. The van der Waals surface area contributed by atoms with Crippen molar-refractivity contribution in [2.45, 2.75) is 44.6 Å². The second kappa shape index (κ2) is 2.17. The van der Waals surface area contributed by atoms with Crippen LogP contribution in [0.5, 0.6) is 0 Å². The molecule has 0 unspecified atom stereocenters. The predicted octanol–water partition coefficient (Wildman–Crippen LogP) is 1.77. The molecule has 0 saturated heterocycles. The minimum Gasteiger partial charge on any atom is -0.389 e. The fourth-order valence-electron chi connectivity index (χ4n) is 3.69. The topological polar surface area (TPSA) is 32.6 Å². The quantitative estimate of drug-likeness (QED) is 0.604.